The van der Waals surface area contributed by atoms with Crippen LogP contribution < -0.4 is 26.1 Å². The minimum atomic E-state index is -1.04. The average molecular weight is 1190 g/mol. The van der Waals surface area contributed by atoms with E-state index in [1.807, 2.05) is 6.92 Å². The number of aromatic nitrogens is 1. The van der Waals surface area contributed by atoms with E-state index in [1.165, 1.54) is 17.0 Å². The Bertz CT molecular complexity index is 2760. The van der Waals surface area contributed by atoms with Crippen LogP contribution in [0.3, 0.4) is 0 Å². The monoisotopic (exact) mass is 1190 g/mol. The molecule has 3 aliphatic heterocycles. The lowest BCUT2D eigenvalue weighted by atomic mass is 9.42. The number of imide groups is 1. The van der Waals surface area contributed by atoms with Gasteiger partial charge < -0.3 is 65.5 Å². The molecule has 6 amide bonds. The number of aliphatic imine (C=N–C) groups is 1. The first-order chi connectivity index (χ1) is 40.3. The van der Waals surface area contributed by atoms with Crippen LogP contribution in [0.2, 0.25) is 0 Å². The lowest BCUT2D eigenvalue weighted by Crippen LogP contribution is -2.67. The third kappa shape index (κ3) is 13.8. The van der Waals surface area contributed by atoms with Gasteiger partial charge in [0.25, 0.3) is 5.91 Å². The van der Waals surface area contributed by atoms with E-state index in [0.29, 0.717) is 73.8 Å². The predicted octanol–water partition coefficient (Wildman–Crippen LogP) is 3.47. The fraction of sp³-hybridized carbons (Fsp3) is 0.667. The molecule has 13 unspecified atom stereocenters. The molecule has 24 heteroatoms. The van der Waals surface area contributed by atoms with Gasteiger partial charge in [-0.25, -0.2) is 14.4 Å². The third-order valence-corrected chi connectivity index (χ3v) is 20.8. The molecule has 6 fully saturated rings. The summed E-state index contributed by atoms with van der Waals surface area (Å²) in [6, 6.07) is 9.43. The van der Waals surface area contributed by atoms with E-state index in [0.717, 1.165) is 50.5 Å². The second-order valence-electron chi connectivity index (χ2n) is 24.2. The summed E-state index contributed by atoms with van der Waals surface area (Å²) in [5.41, 5.74) is -0.390. The topological polar surface area (TPSA) is 315 Å². The predicted molar refractivity (Wildman–Crippen MR) is 306 cm³/mol. The fourth-order valence-electron chi connectivity index (χ4n) is 14.8. The Balaban J connectivity index is 0.581. The Morgan fingerprint density at radius 1 is 0.845 bits per heavy atom. The van der Waals surface area contributed by atoms with Crippen LogP contribution in [0.25, 0.3) is 0 Å². The van der Waals surface area contributed by atoms with Gasteiger partial charge in [0.2, 0.25) is 29.5 Å². The zero-order valence-corrected chi connectivity index (χ0v) is 49.1. The fourth-order valence-corrected chi connectivity index (χ4v) is 16.4. The molecule has 84 heavy (non-hydrogen) atoms. The minimum absolute atomic E-state index is 0.0285. The second kappa shape index (κ2) is 27.5. The highest BCUT2D eigenvalue weighted by molar-refractivity contribution is 8.00. The molecule has 460 valence electrons. The number of urea groups is 1. The van der Waals surface area contributed by atoms with Gasteiger partial charge >= 0.3 is 18.0 Å². The van der Waals surface area contributed by atoms with Crippen molar-refractivity contribution < 1.29 is 77.8 Å². The normalized spacial score (nSPS) is 30.9. The number of nitrogens with one attached hydrogen (secondary N) is 4. The Kier molecular flexibility index (Phi) is 20.5. The van der Waals surface area contributed by atoms with Gasteiger partial charge in [0, 0.05) is 71.8 Å². The van der Waals surface area contributed by atoms with Crippen molar-refractivity contribution in [1.29, 1.82) is 0 Å². The maximum Gasteiger partial charge on any atom is 0.333 e. The number of unbranched alkanes of at least 4 members (excludes halogenated alkanes) is 1. The summed E-state index contributed by atoms with van der Waals surface area (Å²) in [5, 5.41) is 55.7. The number of hydrogen-bond acceptors (Lipinski definition) is 18. The van der Waals surface area contributed by atoms with E-state index in [1.54, 1.807) is 55.1 Å². The SMILES string of the molecule is CC(CCC(=O)On1c(O)ccc1O)N=C(C(=O)N1C(=O)NC2C(CCCCC(=O)NCCOCCOCCNC(=O)COCC(=O)NC3CCC4(C)C(CCC5C4CC(O)C4(C)C(C6=CC(=O)OC6)CCC54O)C3)SCC21)c1ccccc1. The molecule has 4 heterocycles. The molecule has 0 radical (unpaired) electrons. The van der Waals surface area contributed by atoms with E-state index >= 15 is 0 Å². The first-order valence-corrected chi connectivity index (χ1v) is 30.9. The van der Waals surface area contributed by atoms with Crippen LogP contribution in [0.15, 0.2) is 59.1 Å². The molecule has 4 aliphatic carbocycles. The number of aliphatic hydroxyl groups is 2. The van der Waals surface area contributed by atoms with Crippen LogP contribution in [0, 0.1) is 34.5 Å². The molecule has 0 spiro atoms. The van der Waals surface area contributed by atoms with E-state index in [2.05, 4.69) is 33.2 Å². The van der Waals surface area contributed by atoms with Crippen molar-refractivity contribution in [2.24, 2.45) is 39.5 Å². The van der Waals surface area contributed by atoms with Gasteiger partial charge in [0.05, 0.1) is 56.6 Å². The highest BCUT2D eigenvalue weighted by atomic mass is 32.2. The average Bonchev–Trinajstić information content (AvgIpc) is 1.37. The quantitative estimate of drug-likeness (QED) is 0.0275. The Morgan fingerprint density at radius 2 is 1.56 bits per heavy atom. The Labute approximate surface area is 493 Å². The second-order valence-corrected chi connectivity index (χ2v) is 25.5. The molecule has 9 rings (SSSR count). The van der Waals surface area contributed by atoms with Crippen molar-refractivity contribution >= 4 is 59.1 Å². The van der Waals surface area contributed by atoms with Crippen LogP contribution in [0.4, 0.5) is 4.79 Å². The first kappa shape index (κ1) is 62.5. The molecule has 13 atom stereocenters. The van der Waals surface area contributed by atoms with Crippen LogP contribution in [-0.4, -0.2) is 184 Å². The zero-order chi connectivity index (χ0) is 59.8. The number of aliphatic hydroxyl groups excluding tert-OH is 1. The largest absolute Gasteiger partial charge is 0.492 e. The van der Waals surface area contributed by atoms with Crippen LogP contribution >= 0.6 is 11.8 Å². The van der Waals surface area contributed by atoms with Gasteiger partial charge in [-0.05, 0) is 112 Å². The van der Waals surface area contributed by atoms with E-state index in [9.17, 15) is 54.0 Å². The zero-order valence-electron chi connectivity index (χ0n) is 48.3. The van der Waals surface area contributed by atoms with Crippen LogP contribution in [0.5, 0.6) is 11.8 Å². The lowest BCUT2D eigenvalue weighted by Gasteiger charge is -2.65. The summed E-state index contributed by atoms with van der Waals surface area (Å²) in [6.45, 7) is 7.48. The van der Waals surface area contributed by atoms with Crippen molar-refractivity contribution in [2.45, 2.75) is 152 Å². The number of nitrogens with zero attached hydrogens (tertiary/aromatic N) is 3. The minimum Gasteiger partial charge on any atom is -0.492 e. The maximum absolute atomic E-state index is 14.2. The van der Waals surface area contributed by atoms with Crippen molar-refractivity contribution in [2.75, 3.05) is 65.1 Å². The summed E-state index contributed by atoms with van der Waals surface area (Å²) in [5.74, 6) is -2.30. The molecule has 0 bridgehead atoms. The first-order valence-electron chi connectivity index (χ1n) is 29.8. The Hall–Kier alpha value is -6.05. The number of cyclic esters (lactones) is 1. The molecule has 2 aromatic rings. The highest BCUT2D eigenvalue weighted by Gasteiger charge is 2.71. The van der Waals surface area contributed by atoms with Crippen molar-refractivity contribution in [3.05, 3.63) is 59.7 Å². The number of ether oxygens (including phenoxy) is 4. The van der Waals surface area contributed by atoms with Crippen molar-refractivity contribution in [3.63, 3.8) is 0 Å². The molecule has 1 aromatic carbocycles. The van der Waals surface area contributed by atoms with Gasteiger partial charge in [-0.15, -0.1) is 4.73 Å². The van der Waals surface area contributed by atoms with Gasteiger partial charge in [-0.2, -0.15) is 11.8 Å². The van der Waals surface area contributed by atoms with Crippen LogP contribution in [-0.2, 0) is 47.7 Å². The molecule has 4 saturated carbocycles. The summed E-state index contributed by atoms with van der Waals surface area (Å²) < 4.78 is 22.4. The molecular weight excluding hydrogens is 1110 g/mol. The number of carbonyl (C=O) groups excluding carboxylic acids is 7. The smallest absolute Gasteiger partial charge is 0.333 e. The number of amides is 6. The molecule has 2 saturated heterocycles. The lowest BCUT2D eigenvalue weighted by molar-refractivity contribution is -0.243. The number of esters is 1. The molecular formula is C60H83N7O16S. The number of fused-ring (bicyclic) bond motifs is 6. The molecule has 8 N–H and O–H groups in total. The molecule has 23 nitrogen and oxygen atoms in total. The van der Waals surface area contributed by atoms with Gasteiger partial charge in [-0.1, -0.05) is 50.6 Å². The number of thioether (sulfide) groups is 1. The summed E-state index contributed by atoms with van der Waals surface area (Å²) >= 11 is 1.68. The van der Waals surface area contributed by atoms with E-state index < -0.39 is 58.9 Å². The molecule has 7 aliphatic rings. The van der Waals surface area contributed by atoms with Crippen LogP contribution in [0.1, 0.15) is 116 Å². The van der Waals surface area contributed by atoms with Gasteiger partial charge in [0.15, 0.2) is 0 Å². The summed E-state index contributed by atoms with van der Waals surface area (Å²) in [7, 11) is 0. The number of benzene rings is 1. The summed E-state index contributed by atoms with van der Waals surface area (Å²) in [4.78, 5) is 101. The van der Waals surface area contributed by atoms with E-state index in [4.69, 9.17) is 23.8 Å². The Morgan fingerprint density at radius 3 is 2.27 bits per heavy atom. The molecule has 1 aromatic heterocycles. The maximum atomic E-state index is 14.2. The van der Waals surface area contributed by atoms with Gasteiger partial charge in [-0.3, -0.25) is 29.1 Å². The third-order valence-electron chi connectivity index (χ3n) is 19.3. The van der Waals surface area contributed by atoms with Gasteiger partial charge in [0.1, 0.15) is 25.5 Å². The number of rotatable bonds is 27. The summed E-state index contributed by atoms with van der Waals surface area (Å²) in [6.07, 6.45) is 9.47. The van der Waals surface area contributed by atoms with E-state index in [-0.39, 0.29) is 122 Å². The van der Waals surface area contributed by atoms with Crippen molar-refractivity contribution in [3.8, 4) is 11.8 Å². The number of hydrogen-bond donors (Lipinski definition) is 8. The number of aromatic hydroxyl groups is 2. The standard InChI is InChI=1S/C60H83N7O16S/c1-36(13-18-52(74)83-67-50(72)16-17-51(67)73)63-54(37-9-5-4-6-10-37)56(76)66-44-35-84-45(55(44)65-57(66)77)11-7-8-12-47(69)61-23-25-79-27-28-80-26-24-62-48(70)33-81-34-49(71)64-40-19-21-58(2)39(30-40)14-15-42-43(58)31-46(68)59(3)41(20-22-60(42,59)78)38-29-53(75)82-32-38/h4-6,9-10,16-17,29,36,39-46,55,68,72-73,78H,7-8,11-15,18-28,30-35H2,1-3H3,(H,61,69)(H,62,70)(H,64,71)(H,65,77). The van der Waals surface area contributed by atoms with Crippen molar-refractivity contribution in [1.82, 2.24) is 30.9 Å². The highest BCUT2D eigenvalue weighted by Crippen LogP contribution is 2.70. The number of carbonyl (C=O) groups is 7.